The van der Waals surface area contributed by atoms with Gasteiger partial charge in [-0.25, -0.2) is 8.42 Å². The maximum absolute atomic E-state index is 12.2. The van der Waals surface area contributed by atoms with Crippen molar-refractivity contribution in [1.82, 2.24) is 5.32 Å². The fourth-order valence-electron chi connectivity index (χ4n) is 2.94. The van der Waals surface area contributed by atoms with Crippen LogP contribution in [-0.2, 0) is 21.2 Å². The van der Waals surface area contributed by atoms with Crippen LogP contribution in [0.3, 0.4) is 0 Å². The lowest BCUT2D eigenvalue weighted by atomic mass is 10.1. The normalized spacial score (nSPS) is 17.2. The number of hydrogen-bond acceptors (Lipinski definition) is 4. The molecule has 2 rings (SSSR count). The Morgan fingerprint density at radius 1 is 1.42 bits per heavy atom. The third kappa shape index (κ3) is 4.48. The van der Waals surface area contributed by atoms with Crippen molar-refractivity contribution in [3.05, 3.63) is 29.3 Å². The number of amides is 1. The van der Waals surface area contributed by atoms with Crippen LogP contribution < -0.4 is 9.62 Å². The first-order chi connectivity index (χ1) is 11.2. The van der Waals surface area contributed by atoms with Crippen LogP contribution in [-0.4, -0.2) is 45.9 Å². The summed E-state index contributed by atoms with van der Waals surface area (Å²) in [5.74, 6) is -0.146. The Labute approximate surface area is 144 Å². The molecule has 0 aromatic heterocycles. The molecule has 24 heavy (non-hydrogen) atoms. The summed E-state index contributed by atoms with van der Waals surface area (Å²) in [4.78, 5) is 12.2. The molecule has 1 aliphatic heterocycles. The smallest absolute Gasteiger partial charge is 0.251 e. The van der Waals surface area contributed by atoms with Crippen LogP contribution in [0.15, 0.2) is 18.2 Å². The Balaban J connectivity index is 2.00. The van der Waals surface area contributed by atoms with Crippen LogP contribution in [0.2, 0.25) is 0 Å². The Bertz CT molecular complexity index is 701. The van der Waals surface area contributed by atoms with E-state index < -0.39 is 10.0 Å². The minimum absolute atomic E-state index is 0.124. The molecule has 1 heterocycles. The molecule has 1 aliphatic rings. The molecule has 134 valence electrons. The second kappa shape index (κ2) is 7.53. The van der Waals surface area contributed by atoms with Gasteiger partial charge in [0.05, 0.1) is 18.0 Å². The van der Waals surface area contributed by atoms with Crippen molar-refractivity contribution in [2.75, 3.05) is 23.7 Å². The number of anilines is 1. The summed E-state index contributed by atoms with van der Waals surface area (Å²) >= 11 is 0. The molecule has 1 amide bonds. The second-order valence-electron chi connectivity index (χ2n) is 6.48. The van der Waals surface area contributed by atoms with Crippen molar-refractivity contribution >= 4 is 21.6 Å². The molecule has 7 heteroatoms. The predicted octanol–water partition coefficient (Wildman–Crippen LogP) is 1.94. The van der Waals surface area contributed by atoms with Gasteiger partial charge in [0.25, 0.3) is 5.91 Å². The molecule has 6 nitrogen and oxygen atoms in total. The highest BCUT2D eigenvalue weighted by molar-refractivity contribution is 7.92. The highest BCUT2D eigenvalue weighted by Gasteiger charge is 2.32. The number of nitrogens with one attached hydrogen (secondary N) is 1. The Morgan fingerprint density at radius 3 is 2.75 bits per heavy atom. The summed E-state index contributed by atoms with van der Waals surface area (Å²) in [7, 11) is -3.31. The lowest BCUT2D eigenvalue weighted by Crippen LogP contribution is -2.34. The maximum Gasteiger partial charge on any atom is 0.251 e. The molecule has 0 fully saturated rings. The highest BCUT2D eigenvalue weighted by atomic mass is 32.2. The minimum atomic E-state index is -3.31. The Kier molecular flexibility index (Phi) is 5.87. The number of ether oxygens (including phenoxy) is 1. The number of carbonyl (C=O) groups excluding carboxylic acids is 1. The summed E-state index contributed by atoms with van der Waals surface area (Å²) in [6, 6.07) is 5.06. The lowest BCUT2D eigenvalue weighted by Gasteiger charge is -2.21. The molecule has 0 radical (unpaired) electrons. The van der Waals surface area contributed by atoms with Crippen LogP contribution >= 0.6 is 0 Å². The van der Waals surface area contributed by atoms with Crippen LogP contribution in [0.5, 0.6) is 0 Å². The maximum atomic E-state index is 12.2. The topological polar surface area (TPSA) is 75.7 Å². The summed E-state index contributed by atoms with van der Waals surface area (Å²) < 4.78 is 30.7. The monoisotopic (exact) mass is 354 g/mol. The minimum Gasteiger partial charge on any atom is -0.379 e. The third-order valence-electron chi connectivity index (χ3n) is 3.91. The third-order valence-corrected chi connectivity index (χ3v) is 5.18. The van der Waals surface area contributed by atoms with Gasteiger partial charge in [-0.2, -0.15) is 0 Å². The number of nitrogens with zero attached hydrogens (tertiary/aromatic N) is 1. The van der Waals surface area contributed by atoms with Crippen LogP contribution in [0.1, 0.15) is 43.1 Å². The zero-order valence-electron chi connectivity index (χ0n) is 14.7. The van der Waals surface area contributed by atoms with Gasteiger partial charge in [0.1, 0.15) is 0 Å². The molecule has 1 N–H and O–H groups in total. The van der Waals surface area contributed by atoms with E-state index in [1.807, 2.05) is 20.8 Å². The SMILES string of the molecule is CC(C)OCCCNC(=O)c1ccc2c(c1)C[C@H](C)N2S(C)(=O)=O. The molecule has 0 saturated carbocycles. The average Bonchev–Trinajstić information content (AvgIpc) is 2.80. The summed E-state index contributed by atoms with van der Waals surface area (Å²) in [5, 5.41) is 2.87. The van der Waals surface area contributed by atoms with Crippen molar-refractivity contribution < 1.29 is 17.9 Å². The van der Waals surface area contributed by atoms with E-state index in [-0.39, 0.29) is 18.1 Å². The van der Waals surface area contributed by atoms with Crippen molar-refractivity contribution in [2.45, 2.75) is 45.8 Å². The molecule has 1 atom stereocenters. The quantitative estimate of drug-likeness (QED) is 0.759. The molecule has 0 spiro atoms. The lowest BCUT2D eigenvalue weighted by molar-refractivity contribution is 0.0757. The van der Waals surface area contributed by atoms with Crippen molar-refractivity contribution in [1.29, 1.82) is 0 Å². The van der Waals surface area contributed by atoms with Crippen LogP contribution in [0.25, 0.3) is 0 Å². The van der Waals surface area contributed by atoms with Gasteiger partial charge in [0.2, 0.25) is 10.0 Å². The van der Waals surface area contributed by atoms with E-state index >= 15 is 0 Å². The van der Waals surface area contributed by atoms with Gasteiger partial charge in [-0.3, -0.25) is 9.10 Å². The van der Waals surface area contributed by atoms with Crippen LogP contribution in [0, 0.1) is 0 Å². The van der Waals surface area contributed by atoms with Gasteiger partial charge < -0.3 is 10.1 Å². The van der Waals surface area contributed by atoms with Gasteiger partial charge in [-0.1, -0.05) is 0 Å². The number of rotatable bonds is 7. The Hall–Kier alpha value is -1.60. The zero-order chi connectivity index (χ0) is 17.9. The molecular formula is C17H26N2O4S. The van der Waals surface area contributed by atoms with Crippen LogP contribution in [0.4, 0.5) is 5.69 Å². The molecule has 0 unspecified atom stereocenters. The van der Waals surface area contributed by atoms with Crippen molar-refractivity contribution in [3.63, 3.8) is 0 Å². The summed E-state index contributed by atoms with van der Waals surface area (Å²) in [5.41, 5.74) is 2.12. The highest BCUT2D eigenvalue weighted by Crippen LogP contribution is 2.34. The number of benzene rings is 1. The first-order valence-corrected chi connectivity index (χ1v) is 10.1. The fraction of sp³-hybridized carbons (Fsp3) is 0.588. The van der Waals surface area contributed by atoms with Gasteiger partial charge in [0.15, 0.2) is 0 Å². The first-order valence-electron chi connectivity index (χ1n) is 8.22. The average molecular weight is 354 g/mol. The van der Waals surface area contributed by atoms with Gasteiger partial charge in [-0.15, -0.1) is 0 Å². The molecular weight excluding hydrogens is 328 g/mol. The van der Waals surface area contributed by atoms with E-state index in [9.17, 15) is 13.2 Å². The standard InChI is InChI=1S/C17H26N2O4S/c1-12(2)23-9-5-8-18-17(20)14-6-7-16-15(11-14)10-13(3)19(16)24(4,21)22/h6-7,11-13H,5,8-10H2,1-4H3,(H,18,20)/t13-/m0/s1. The summed E-state index contributed by atoms with van der Waals surface area (Å²) in [6.07, 6.45) is 2.77. The molecule has 1 aromatic carbocycles. The van der Waals surface area contributed by atoms with E-state index in [0.717, 1.165) is 12.0 Å². The molecule has 0 aliphatic carbocycles. The van der Waals surface area contributed by atoms with Gasteiger partial charge >= 0.3 is 0 Å². The molecule has 0 saturated heterocycles. The molecule has 1 aromatic rings. The zero-order valence-corrected chi connectivity index (χ0v) is 15.5. The molecule has 0 bridgehead atoms. The van der Waals surface area contributed by atoms with E-state index in [2.05, 4.69) is 5.32 Å². The fourth-order valence-corrected chi connectivity index (χ4v) is 4.21. The van der Waals surface area contributed by atoms with Gasteiger partial charge in [-0.05, 0) is 57.4 Å². The Morgan fingerprint density at radius 2 is 2.12 bits per heavy atom. The largest absolute Gasteiger partial charge is 0.379 e. The van der Waals surface area contributed by atoms with Crippen molar-refractivity contribution in [2.24, 2.45) is 0 Å². The summed E-state index contributed by atoms with van der Waals surface area (Å²) in [6.45, 7) is 6.99. The van der Waals surface area contributed by atoms with Gasteiger partial charge in [0, 0.05) is 24.8 Å². The number of fused-ring (bicyclic) bond motifs is 1. The van der Waals surface area contributed by atoms with Crippen molar-refractivity contribution in [3.8, 4) is 0 Å². The van der Waals surface area contributed by atoms with E-state index in [4.69, 9.17) is 4.74 Å². The number of carbonyl (C=O) groups is 1. The predicted molar refractivity (Wildman–Crippen MR) is 95.0 cm³/mol. The van der Waals surface area contributed by atoms with E-state index in [0.29, 0.717) is 30.8 Å². The number of hydrogen-bond donors (Lipinski definition) is 1. The second-order valence-corrected chi connectivity index (χ2v) is 8.34. The van der Waals surface area contributed by atoms with E-state index in [1.165, 1.54) is 10.6 Å². The first kappa shape index (κ1) is 18.7. The number of sulfonamides is 1. The van der Waals surface area contributed by atoms with E-state index in [1.54, 1.807) is 18.2 Å².